The molecule has 0 bridgehead atoms. The van der Waals surface area contributed by atoms with Crippen molar-refractivity contribution in [3.63, 3.8) is 0 Å². The Morgan fingerprint density at radius 3 is 2.13 bits per heavy atom. The van der Waals surface area contributed by atoms with Crippen LogP contribution < -0.4 is 10.1 Å². The minimum Gasteiger partial charge on any atom is -0.497 e. The zero-order chi connectivity index (χ0) is 22.3. The van der Waals surface area contributed by atoms with Gasteiger partial charge in [0.25, 0.3) is 5.69 Å². The number of carbonyl (C=O) groups excluding carboxylic acids is 1. The van der Waals surface area contributed by atoms with Crippen molar-refractivity contribution >= 4 is 17.3 Å². The highest BCUT2D eigenvalue weighted by Gasteiger charge is 2.53. The highest BCUT2D eigenvalue weighted by atomic mass is 16.6. The molecule has 0 aliphatic heterocycles. The summed E-state index contributed by atoms with van der Waals surface area (Å²) in [5.74, 6) is -0.368. The summed E-state index contributed by atoms with van der Waals surface area (Å²) in [6, 6.07) is 12.0. The van der Waals surface area contributed by atoms with Gasteiger partial charge < -0.3 is 14.8 Å². The van der Waals surface area contributed by atoms with E-state index in [0.717, 1.165) is 0 Å². The number of anilines is 1. The first-order valence-electron chi connectivity index (χ1n) is 9.15. The molecule has 0 aromatic heterocycles. The molecule has 0 spiro atoms. The predicted molar refractivity (Wildman–Crippen MR) is 109 cm³/mol. The molecule has 0 radical (unpaired) electrons. The summed E-state index contributed by atoms with van der Waals surface area (Å²) >= 11 is 0. The Morgan fingerprint density at radius 2 is 1.67 bits per heavy atom. The molecule has 160 valence electrons. The smallest absolute Gasteiger partial charge is 0.387 e. The Hall–Kier alpha value is -3.69. The maximum Gasteiger partial charge on any atom is 0.387 e. The van der Waals surface area contributed by atoms with Crippen LogP contribution >= 0.6 is 0 Å². The fraction of sp³-hybridized carbons (Fsp3) is 0.350. The van der Waals surface area contributed by atoms with E-state index in [-0.39, 0.29) is 18.7 Å². The van der Waals surface area contributed by atoms with Gasteiger partial charge in [0.15, 0.2) is 0 Å². The largest absolute Gasteiger partial charge is 0.497 e. The SMILES string of the molecule is COc1ccc(NCC(Cc2ccc([N+](=O)[O-])cc2)(C(=O)OC(C)C)[N+](=O)[O-])cc1. The van der Waals surface area contributed by atoms with Crippen LogP contribution in [0.3, 0.4) is 0 Å². The first kappa shape index (κ1) is 22.6. The standard InChI is InChI=1S/C20H23N3O7/c1-14(2)30-19(24)20(23(27)28,12-15-4-8-17(9-5-15)22(25)26)13-21-16-6-10-18(29-3)11-7-16/h4-11,14,21H,12-13H2,1-3H3. The molecule has 0 aliphatic rings. The van der Waals surface area contributed by atoms with Crippen LogP contribution in [0.2, 0.25) is 0 Å². The number of nitro benzene ring substituents is 1. The number of carbonyl (C=O) groups is 1. The number of esters is 1. The molecule has 2 aromatic carbocycles. The number of ether oxygens (including phenoxy) is 2. The van der Waals surface area contributed by atoms with Crippen molar-refractivity contribution in [2.75, 3.05) is 19.0 Å². The number of rotatable bonds is 10. The summed E-state index contributed by atoms with van der Waals surface area (Å²) in [5, 5.41) is 25.8. The molecule has 10 nitrogen and oxygen atoms in total. The van der Waals surface area contributed by atoms with Gasteiger partial charge in [0.05, 0.1) is 31.1 Å². The summed E-state index contributed by atoms with van der Waals surface area (Å²) in [5.41, 5.74) is -1.32. The second-order valence-electron chi connectivity index (χ2n) is 6.93. The van der Waals surface area contributed by atoms with Gasteiger partial charge >= 0.3 is 11.5 Å². The molecular formula is C20H23N3O7. The third kappa shape index (κ3) is 5.43. The van der Waals surface area contributed by atoms with E-state index >= 15 is 0 Å². The van der Waals surface area contributed by atoms with Crippen molar-refractivity contribution < 1.29 is 24.1 Å². The molecule has 0 amide bonds. The molecule has 0 aliphatic carbocycles. The molecule has 2 aromatic rings. The Morgan fingerprint density at radius 1 is 1.07 bits per heavy atom. The number of non-ortho nitro benzene ring substituents is 1. The van der Waals surface area contributed by atoms with Crippen molar-refractivity contribution in [1.82, 2.24) is 0 Å². The monoisotopic (exact) mass is 417 g/mol. The Bertz CT molecular complexity index is 898. The van der Waals surface area contributed by atoms with Crippen molar-refractivity contribution in [3.8, 4) is 5.75 Å². The molecule has 2 rings (SSSR count). The molecule has 1 atom stereocenters. The normalized spacial score (nSPS) is 12.7. The van der Waals surface area contributed by atoms with E-state index in [2.05, 4.69) is 5.32 Å². The number of benzene rings is 2. The van der Waals surface area contributed by atoms with E-state index in [1.165, 1.54) is 31.4 Å². The van der Waals surface area contributed by atoms with Crippen LogP contribution in [0.25, 0.3) is 0 Å². The van der Waals surface area contributed by atoms with Crippen LogP contribution in [0.4, 0.5) is 11.4 Å². The van der Waals surface area contributed by atoms with Gasteiger partial charge in [-0.3, -0.25) is 20.2 Å². The summed E-state index contributed by atoms with van der Waals surface area (Å²) in [4.78, 5) is 34.5. The van der Waals surface area contributed by atoms with E-state index in [1.807, 2.05) is 0 Å². The number of nitrogens with zero attached hydrogens (tertiary/aromatic N) is 2. The molecule has 0 heterocycles. The Kier molecular flexibility index (Phi) is 7.29. The lowest BCUT2D eigenvalue weighted by Crippen LogP contribution is -2.55. The quantitative estimate of drug-likeness (QED) is 0.354. The molecule has 1 unspecified atom stereocenters. The van der Waals surface area contributed by atoms with Crippen LogP contribution in [0.1, 0.15) is 19.4 Å². The highest BCUT2D eigenvalue weighted by Crippen LogP contribution is 2.24. The average molecular weight is 417 g/mol. The third-order valence-electron chi connectivity index (χ3n) is 4.39. The lowest BCUT2D eigenvalue weighted by atomic mass is 9.90. The minimum atomic E-state index is -2.12. The first-order valence-corrected chi connectivity index (χ1v) is 9.15. The average Bonchev–Trinajstić information content (AvgIpc) is 2.71. The van der Waals surface area contributed by atoms with Crippen LogP contribution in [0.15, 0.2) is 48.5 Å². The molecule has 10 heteroatoms. The number of methoxy groups -OCH3 is 1. The van der Waals surface area contributed by atoms with E-state index < -0.39 is 27.5 Å². The van der Waals surface area contributed by atoms with Crippen LogP contribution in [-0.2, 0) is 16.0 Å². The van der Waals surface area contributed by atoms with Gasteiger partial charge in [-0.15, -0.1) is 0 Å². The molecule has 0 fully saturated rings. The highest BCUT2D eigenvalue weighted by molar-refractivity contribution is 5.81. The van der Waals surface area contributed by atoms with E-state index in [4.69, 9.17) is 9.47 Å². The van der Waals surface area contributed by atoms with E-state index in [1.54, 1.807) is 38.1 Å². The van der Waals surface area contributed by atoms with Gasteiger partial charge in [0.2, 0.25) is 0 Å². The van der Waals surface area contributed by atoms with Crippen LogP contribution in [0.5, 0.6) is 5.75 Å². The second-order valence-corrected chi connectivity index (χ2v) is 6.93. The lowest BCUT2D eigenvalue weighted by Gasteiger charge is -2.25. The van der Waals surface area contributed by atoms with Gasteiger partial charge in [-0.25, -0.2) is 4.79 Å². The van der Waals surface area contributed by atoms with Gasteiger partial charge in [0, 0.05) is 22.7 Å². The van der Waals surface area contributed by atoms with Gasteiger partial charge in [-0.05, 0) is 43.7 Å². The number of hydrogen-bond donors (Lipinski definition) is 1. The zero-order valence-corrected chi connectivity index (χ0v) is 16.9. The third-order valence-corrected chi connectivity index (χ3v) is 4.39. The number of nitro groups is 2. The minimum absolute atomic E-state index is 0.147. The fourth-order valence-corrected chi connectivity index (χ4v) is 2.76. The topological polar surface area (TPSA) is 134 Å². The van der Waals surface area contributed by atoms with Crippen molar-refractivity contribution in [2.45, 2.75) is 31.9 Å². The zero-order valence-electron chi connectivity index (χ0n) is 16.9. The molecule has 0 saturated carbocycles. The molecule has 1 N–H and O–H groups in total. The van der Waals surface area contributed by atoms with Crippen molar-refractivity contribution in [2.24, 2.45) is 0 Å². The lowest BCUT2D eigenvalue weighted by molar-refractivity contribution is -0.551. The second kappa shape index (κ2) is 9.68. The van der Waals surface area contributed by atoms with Gasteiger partial charge in [0.1, 0.15) is 5.75 Å². The van der Waals surface area contributed by atoms with Crippen molar-refractivity contribution in [1.29, 1.82) is 0 Å². The summed E-state index contributed by atoms with van der Waals surface area (Å²) in [7, 11) is 1.52. The summed E-state index contributed by atoms with van der Waals surface area (Å²) in [6.45, 7) is 2.87. The number of nitrogens with one attached hydrogen (secondary N) is 1. The molecule has 0 saturated heterocycles. The predicted octanol–water partition coefficient (Wildman–Crippen LogP) is 3.23. The summed E-state index contributed by atoms with van der Waals surface area (Å²) < 4.78 is 10.3. The van der Waals surface area contributed by atoms with Gasteiger partial charge in [-0.2, -0.15) is 0 Å². The van der Waals surface area contributed by atoms with E-state index in [0.29, 0.717) is 17.0 Å². The first-order chi connectivity index (χ1) is 14.2. The Labute approximate surface area is 173 Å². The Balaban J connectivity index is 2.34. The molecular weight excluding hydrogens is 394 g/mol. The molecule has 30 heavy (non-hydrogen) atoms. The number of hydrogen-bond acceptors (Lipinski definition) is 8. The van der Waals surface area contributed by atoms with Crippen LogP contribution in [-0.4, -0.2) is 41.1 Å². The summed E-state index contributed by atoms with van der Waals surface area (Å²) in [6.07, 6.45) is -0.846. The maximum atomic E-state index is 12.8. The van der Waals surface area contributed by atoms with Crippen LogP contribution in [0, 0.1) is 20.2 Å². The maximum absolute atomic E-state index is 12.8. The fourth-order valence-electron chi connectivity index (χ4n) is 2.76. The van der Waals surface area contributed by atoms with Crippen molar-refractivity contribution in [3.05, 3.63) is 74.3 Å². The van der Waals surface area contributed by atoms with E-state index in [9.17, 15) is 25.0 Å². The van der Waals surface area contributed by atoms with Gasteiger partial charge in [-0.1, -0.05) is 12.1 Å².